The van der Waals surface area contributed by atoms with Crippen molar-refractivity contribution in [1.82, 2.24) is 24.5 Å². The van der Waals surface area contributed by atoms with Gasteiger partial charge in [0.05, 0.1) is 0 Å². The highest BCUT2D eigenvalue weighted by atomic mass is 32.1. The maximum absolute atomic E-state index is 4.62. The highest BCUT2D eigenvalue weighted by molar-refractivity contribution is 7.09. The lowest BCUT2D eigenvalue weighted by Crippen LogP contribution is -2.53. The molecule has 156 valence electrons. The minimum absolute atomic E-state index is 0.898. The SMILES string of the molecule is CCc1nsc(N2CCN(C(=NC)NCCN3CCc4ccccc4C3)CC2)n1. The Balaban J connectivity index is 1.22. The Bertz CT molecular complexity index is 826. The van der Waals surface area contributed by atoms with Gasteiger partial charge in [-0.25, -0.2) is 4.98 Å². The van der Waals surface area contributed by atoms with E-state index in [1.165, 1.54) is 22.7 Å². The molecule has 0 spiro atoms. The molecule has 2 aromatic rings. The van der Waals surface area contributed by atoms with Gasteiger partial charge in [0.2, 0.25) is 5.13 Å². The van der Waals surface area contributed by atoms with Crippen LogP contribution < -0.4 is 10.2 Å². The molecule has 0 radical (unpaired) electrons. The van der Waals surface area contributed by atoms with Crippen LogP contribution in [0.3, 0.4) is 0 Å². The average molecular weight is 414 g/mol. The molecule has 29 heavy (non-hydrogen) atoms. The lowest BCUT2D eigenvalue weighted by atomic mass is 10.00. The van der Waals surface area contributed by atoms with E-state index in [9.17, 15) is 0 Å². The number of aliphatic imine (C=N–C) groups is 1. The van der Waals surface area contributed by atoms with Crippen molar-refractivity contribution in [3.63, 3.8) is 0 Å². The fourth-order valence-corrected chi connectivity index (χ4v) is 4.83. The molecule has 1 N–H and O–H groups in total. The molecule has 0 amide bonds. The lowest BCUT2D eigenvalue weighted by molar-refractivity contribution is 0.256. The van der Waals surface area contributed by atoms with Gasteiger partial charge in [0, 0.05) is 77.4 Å². The molecule has 2 aliphatic heterocycles. The van der Waals surface area contributed by atoms with Crippen molar-refractivity contribution in [1.29, 1.82) is 0 Å². The van der Waals surface area contributed by atoms with Crippen molar-refractivity contribution in [2.24, 2.45) is 4.99 Å². The molecule has 7 nitrogen and oxygen atoms in total. The quantitative estimate of drug-likeness (QED) is 0.596. The first kappa shape index (κ1) is 20.1. The number of aromatic nitrogens is 2. The van der Waals surface area contributed by atoms with Crippen LogP contribution in [0.4, 0.5) is 5.13 Å². The van der Waals surface area contributed by atoms with Gasteiger partial charge >= 0.3 is 0 Å². The monoisotopic (exact) mass is 413 g/mol. The number of hydrogen-bond acceptors (Lipinski definition) is 6. The van der Waals surface area contributed by atoms with Crippen LogP contribution in [0.2, 0.25) is 0 Å². The molecule has 0 atom stereocenters. The number of rotatable bonds is 5. The third kappa shape index (κ3) is 4.87. The highest BCUT2D eigenvalue weighted by Gasteiger charge is 2.22. The summed E-state index contributed by atoms with van der Waals surface area (Å²) in [5.41, 5.74) is 2.98. The first-order chi connectivity index (χ1) is 14.3. The van der Waals surface area contributed by atoms with E-state index in [1.807, 2.05) is 7.05 Å². The van der Waals surface area contributed by atoms with Gasteiger partial charge in [-0.05, 0) is 17.5 Å². The first-order valence-electron chi connectivity index (χ1n) is 10.6. The summed E-state index contributed by atoms with van der Waals surface area (Å²) in [6.45, 7) is 10.1. The summed E-state index contributed by atoms with van der Waals surface area (Å²) in [6, 6.07) is 8.81. The van der Waals surface area contributed by atoms with Gasteiger partial charge in [0.1, 0.15) is 5.82 Å². The van der Waals surface area contributed by atoms with Crippen molar-refractivity contribution in [2.45, 2.75) is 26.3 Å². The minimum atomic E-state index is 0.898. The Morgan fingerprint density at radius 2 is 1.93 bits per heavy atom. The molecule has 4 rings (SSSR count). The summed E-state index contributed by atoms with van der Waals surface area (Å²) in [4.78, 5) is 16.4. The van der Waals surface area contributed by atoms with E-state index in [0.717, 1.165) is 82.1 Å². The molecular weight excluding hydrogens is 382 g/mol. The fraction of sp³-hybridized carbons (Fsp3) is 0.571. The smallest absolute Gasteiger partial charge is 0.205 e. The van der Waals surface area contributed by atoms with E-state index in [4.69, 9.17) is 0 Å². The van der Waals surface area contributed by atoms with Crippen LogP contribution in [0.15, 0.2) is 29.3 Å². The van der Waals surface area contributed by atoms with E-state index in [2.05, 4.69) is 65.6 Å². The second kappa shape index (κ2) is 9.54. The van der Waals surface area contributed by atoms with E-state index in [1.54, 1.807) is 0 Å². The Morgan fingerprint density at radius 1 is 1.14 bits per heavy atom. The topological polar surface area (TPSA) is 59.9 Å². The summed E-state index contributed by atoms with van der Waals surface area (Å²) in [5, 5.41) is 4.62. The second-order valence-corrected chi connectivity index (χ2v) is 8.32. The van der Waals surface area contributed by atoms with Gasteiger partial charge in [-0.3, -0.25) is 9.89 Å². The van der Waals surface area contributed by atoms with Crippen molar-refractivity contribution < 1.29 is 0 Å². The number of hydrogen-bond donors (Lipinski definition) is 1. The number of guanidine groups is 1. The molecule has 0 unspecified atom stereocenters. The zero-order chi connectivity index (χ0) is 20.1. The number of nitrogens with one attached hydrogen (secondary N) is 1. The van der Waals surface area contributed by atoms with Crippen molar-refractivity contribution in [3.05, 3.63) is 41.2 Å². The lowest BCUT2D eigenvalue weighted by Gasteiger charge is -2.36. The molecule has 8 heteroatoms. The van der Waals surface area contributed by atoms with E-state index < -0.39 is 0 Å². The molecule has 1 saturated heterocycles. The van der Waals surface area contributed by atoms with Crippen LogP contribution in [0, 0.1) is 0 Å². The van der Waals surface area contributed by atoms with Crippen molar-refractivity contribution in [2.75, 3.05) is 57.8 Å². The Kier molecular flexibility index (Phi) is 6.61. The predicted molar refractivity (Wildman–Crippen MR) is 120 cm³/mol. The molecule has 0 saturated carbocycles. The first-order valence-corrected chi connectivity index (χ1v) is 11.4. The van der Waals surface area contributed by atoms with Gasteiger partial charge < -0.3 is 15.1 Å². The zero-order valence-corrected chi connectivity index (χ0v) is 18.3. The van der Waals surface area contributed by atoms with Crippen LogP contribution in [0.5, 0.6) is 0 Å². The number of piperazine rings is 1. The summed E-state index contributed by atoms with van der Waals surface area (Å²) < 4.78 is 4.41. The molecule has 3 heterocycles. The summed E-state index contributed by atoms with van der Waals surface area (Å²) in [5.74, 6) is 1.96. The van der Waals surface area contributed by atoms with Crippen LogP contribution >= 0.6 is 11.5 Å². The second-order valence-electron chi connectivity index (χ2n) is 7.59. The Morgan fingerprint density at radius 3 is 2.66 bits per heavy atom. The largest absolute Gasteiger partial charge is 0.355 e. The number of fused-ring (bicyclic) bond motifs is 1. The van der Waals surface area contributed by atoms with Gasteiger partial charge in [-0.1, -0.05) is 31.2 Å². The molecule has 0 aliphatic carbocycles. The number of benzene rings is 1. The van der Waals surface area contributed by atoms with Crippen LogP contribution in [0.1, 0.15) is 23.9 Å². The van der Waals surface area contributed by atoms with E-state index >= 15 is 0 Å². The third-order valence-corrected chi connectivity index (χ3v) is 6.57. The van der Waals surface area contributed by atoms with Gasteiger partial charge in [-0.2, -0.15) is 4.37 Å². The molecule has 2 aliphatic rings. The van der Waals surface area contributed by atoms with Crippen LogP contribution in [-0.4, -0.2) is 78.0 Å². The van der Waals surface area contributed by atoms with E-state index in [0.29, 0.717) is 0 Å². The maximum Gasteiger partial charge on any atom is 0.205 e. The fourth-order valence-electron chi connectivity index (χ4n) is 4.03. The summed E-state index contributed by atoms with van der Waals surface area (Å²) >= 11 is 1.52. The molecule has 1 aromatic heterocycles. The normalized spacial score (nSPS) is 18.1. The molecule has 1 aromatic carbocycles. The molecule has 0 bridgehead atoms. The zero-order valence-electron chi connectivity index (χ0n) is 17.5. The predicted octanol–water partition coefficient (Wildman–Crippen LogP) is 1.86. The third-order valence-electron chi connectivity index (χ3n) is 5.76. The summed E-state index contributed by atoms with van der Waals surface area (Å²) in [6.07, 6.45) is 2.05. The van der Waals surface area contributed by atoms with Gasteiger partial charge in [0.25, 0.3) is 0 Å². The van der Waals surface area contributed by atoms with Gasteiger partial charge in [0.15, 0.2) is 5.96 Å². The standard InChI is InChI=1S/C21H31N7S/c1-3-19-24-21(29-25-19)28-14-12-27(13-15-28)20(22-2)23-9-11-26-10-8-17-6-4-5-7-18(17)16-26/h4-7H,3,8-16H2,1-2H3,(H,22,23). The van der Waals surface area contributed by atoms with Crippen molar-refractivity contribution >= 4 is 22.6 Å². The Labute approximate surface area is 177 Å². The molecular formula is C21H31N7S. The minimum Gasteiger partial charge on any atom is -0.355 e. The highest BCUT2D eigenvalue weighted by Crippen LogP contribution is 2.20. The maximum atomic E-state index is 4.62. The van der Waals surface area contributed by atoms with Crippen molar-refractivity contribution in [3.8, 4) is 0 Å². The number of nitrogens with zero attached hydrogens (tertiary/aromatic N) is 6. The summed E-state index contributed by atoms with van der Waals surface area (Å²) in [7, 11) is 1.88. The molecule has 1 fully saturated rings. The van der Waals surface area contributed by atoms with Crippen LogP contribution in [0.25, 0.3) is 0 Å². The van der Waals surface area contributed by atoms with Crippen LogP contribution in [-0.2, 0) is 19.4 Å². The van der Waals surface area contributed by atoms with Gasteiger partial charge in [-0.15, -0.1) is 0 Å². The number of aryl methyl sites for hydroxylation is 1. The average Bonchev–Trinajstić information content (AvgIpc) is 3.26. The van der Waals surface area contributed by atoms with E-state index in [-0.39, 0.29) is 0 Å². The Hall–Kier alpha value is -2.19. The number of anilines is 1.